The van der Waals surface area contributed by atoms with Gasteiger partial charge >= 0.3 is 0 Å². The summed E-state index contributed by atoms with van der Waals surface area (Å²) < 4.78 is 1.18. The highest BCUT2D eigenvalue weighted by atomic mass is 32.1. The van der Waals surface area contributed by atoms with Crippen LogP contribution in [0.4, 0.5) is 17.3 Å². The molecule has 0 amide bonds. The van der Waals surface area contributed by atoms with Crippen molar-refractivity contribution in [2.24, 2.45) is 0 Å². The maximum Gasteiger partial charge on any atom is 0.238 e. The second kappa shape index (κ2) is 11.4. The van der Waals surface area contributed by atoms with Crippen LogP contribution in [0.1, 0.15) is 25.0 Å². The minimum Gasteiger partial charge on any atom is -0.277 e. The fourth-order valence-corrected chi connectivity index (χ4v) is 9.01. The van der Waals surface area contributed by atoms with Gasteiger partial charge in [0.05, 0.1) is 16.1 Å². The van der Waals surface area contributed by atoms with Crippen LogP contribution in [0.5, 0.6) is 0 Å². The number of para-hydroxylation sites is 1. The number of nitrogens with zero attached hydrogens (tertiary/aromatic N) is 5. The first kappa shape index (κ1) is 29.7. The zero-order valence-electron chi connectivity index (χ0n) is 28.1. The van der Waals surface area contributed by atoms with Crippen LogP contribution < -0.4 is 4.90 Å². The number of fused-ring (bicyclic) bond motifs is 9. The number of benzene rings is 6. The molecule has 6 heteroatoms. The first-order chi connectivity index (χ1) is 25.1. The topological polar surface area (TPSA) is 54.8 Å². The minimum atomic E-state index is -0.318. The number of hydrogen-bond donors (Lipinski definition) is 0. The van der Waals surface area contributed by atoms with Gasteiger partial charge in [0.1, 0.15) is 4.83 Å². The van der Waals surface area contributed by atoms with Gasteiger partial charge in [-0.3, -0.25) is 4.90 Å². The maximum absolute atomic E-state index is 5.37. The smallest absolute Gasteiger partial charge is 0.238 e. The van der Waals surface area contributed by atoms with Gasteiger partial charge in [-0.25, -0.2) is 9.97 Å². The Morgan fingerprint density at radius 3 is 1.98 bits per heavy atom. The molecule has 10 rings (SSSR count). The van der Waals surface area contributed by atoms with E-state index < -0.39 is 0 Å². The molecule has 0 saturated carbocycles. The number of anilines is 3. The van der Waals surface area contributed by atoms with Gasteiger partial charge in [-0.2, -0.15) is 9.97 Å². The molecule has 0 fully saturated rings. The van der Waals surface area contributed by atoms with Crippen molar-refractivity contribution in [3.05, 3.63) is 163 Å². The molecular weight excluding hydrogens is 643 g/mol. The highest BCUT2D eigenvalue weighted by molar-refractivity contribution is 7.26. The van der Waals surface area contributed by atoms with Gasteiger partial charge in [-0.1, -0.05) is 135 Å². The van der Waals surface area contributed by atoms with E-state index in [1.807, 2.05) is 36.5 Å². The Labute approximate surface area is 299 Å². The SMILES string of the molecule is CC1(C)c2ccccc2N(c2nc(-c3ccccc3)nc(-c3cccc(-c4ccccc4)c3)n2)c2c1c1ccccc1c1c2sc2ncccc21. The Kier molecular flexibility index (Phi) is 6.63. The lowest BCUT2D eigenvalue weighted by Crippen LogP contribution is -2.32. The number of thiophene rings is 1. The molecule has 4 heterocycles. The third kappa shape index (κ3) is 4.60. The van der Waals surface area contributed by atoms with Crippen LogP contribution >= 0.6 is 11.3 Å². The van der Waals surface area contributed by atoms with E-state index in [0.717, 1.165) is 43.8 Å². The first-order valence-electron chi connectivity index (χ1n) is 17.2. The van der Waals surface area contributed by atoms with E-state index in [4.69, 9.17) is 19.9 Å². The predicted molar refractivity (Wildman–Crippen MR) is 211 cm³/mol. The van der Waals surface area contributed by atoms with E-state index in [-0.39, 0.29) is 5.41 Å². The molecule has 0 unspecified atom stereocenters. The molecule has 5 nitrogen and oxygen atoms in total. The summed E-state index contributed by atoms with van der Waals surface area (Å²) in [5.74, 6) is 1.82. The van der Waals surface area contributed by atoms with E-state index >= 15 is 0 Å². The molecule has 1 aliphatic heterocycles. The summed E-state index contributed by atoms with van der Waals surface area (Å²) in [7, 11) is 0. The van der Waals surface area contributed by atoms with Crippen molar-refractivity contribution in [1.29, 1.82) is 0 Å². The summed E-state index contributed by atoms with van der Waals surface area (Å²) in [6.45, 7) is 4.68. The molecule has 9 aromatic rings. The molecule has 1 aliphatic rings. The first-order valence-corrected chi connectivity index (χ1v) is 18.0. The van der Waals surface area contributed by atoms with Gasteiger partial charge < -0.3 is 0 Å². The lowest BCUT2D eigenvalue weighted by atomic mass is 9.71. The van der Waals surface area contributed by atoms with Crippen LogP contribution in [0.25, 0.3) is 65.0 Å². The lowest BCUT2D eigenvalue weighted by molar-refractivity contribution is 0.638. The second-order valence-electron chi connectivity index (χ2n) is 13.5. The summed E-state index contributed by atoms with van der Waals surface area (Å²) in [6.07, 6.45) is 1.89. The Balaban J connectivity index is 1.32. The molecule has 0 spiro atoms. The summed E-state index contributed by atoms with van der Waals surface area (Å²) in [6, 6.07) is 50.9. The molecule has 0 saturated heterocycles. The monoisotopic (exact) mass is 673 g/mol. The summed E-state index contributed by atoms with van der Waals surface area (Å²) in [5, 5.41) is 4.83. The van der Waals surface area contributed by atoms with E-state index in [2.05, 4.69) is 134 Å². The standard InChI is InChI=1S/C45H31N5S/c1-45(2)35-24-11-12-25-36(35)50(39-38(45)33-22-10-9-21-32(33)37-34-23-14-26-46-43(34)51-40(37)39)44-48-41(29-17-7-4-8-18-29)47-42(49-44)31-20-13-19-30(27-31)28-15-5-3-6-16-28/h3-27H,1-2H3. The van der Waals surface area contributed by atoms with E-state index in [0.29, 0.717) is 17.6 Å². The number of hydrogen-bond acceptors (Lipinski definition) is 6. The number of aromatic nitrogens is 4. The van der Waals surface area contributed by atoms with Gasteiger partial charge in [0.2, 0.25) is 5.95 Å². The largest absolute Gasteiger partial charge is 0.277 e. The third-order valence-electron chi connectivity index (χ3n) is 10.1. The Hall–Kier alpha value is -6.24. The van der Waals surface area contributed by atoms with E-state index in [9.17, 15) is 0 Å². The van der Waals surface area contributed by atoms with Crippen molar-refractivity contribution in [3.8, 4) is 33.9 Å². The molecule has 0 bridgehead atoms. The summed E-state index contributed by atoms with van der Waals surface area (Å²) >= 11 is 1.74. The van der Waals surface area contributed by atoms with Gasteiger partial charge in [0.25, 0.3) is 0 Å². The number of pyridine rings is 1. The van der Waals surface area contributed by atoms with Crippen molar-refractivity contribution in [3.63, 3.8) is 0 Å². The van der Waals surface area contributed by atoms with E-state index in [1.54, 1.807) is 11.3 Å². The van der Waals surface area contributed by atoms with Crippen molar-refractivity contribution in [1.82, 2.24) is 19.9 Å². The van der Waals surface area contributed by atoms with Gasteiger partial charge in [0.15, 0.2) is 11.6 Å². The Morgan fingerprint density at radius 2 is 1.18 bits per heavy atom. The Morgan fingerprint density at radius 1 is 0.549 bits per heavy atom. The average molecular weight is 674 g/mol. The van der Waals surface area contributed by atoms with Crippen molar-refractivity contribution in [2.45, 2.75) is 19.3 Å². The van der Waals surface area contributed by atoms with Crippen LogP contribution in [0.3, 0.4) is 0 Å². The summed E-state index contributed by atoms with van der Waals surface area (Å²) in [5.41, 5.74) is 8.43. The van der Waals surface area contributed by atoms with Gasteiger partial charge in [-0.15, -0.1) is 11.3 Å². The highest BCUT2D eigenvalue weighted by Gasteiger charge is 2.41. The third-order valence-corrected chi connectivity index (χ3v) is 11.3. The molecule has 6 aromatic carbocycles. The molecular formula is C45H31N5S. The average Bonchev–Trinajstić information content (AvgIpc) is 3.59. The predicted octanol–water partition coefficient (Wildman–Crippen LogP) is 11.9. The fourth-order valence-electron chi connectivity index (χ4n) is 7.81. The molecule has 3 aromatic heterocycles. The molecule has 0 radical (unpaired) electrons. The molecule has 0 N–H and O–H groups in total. The fraction of sp³-hybridized carbons (Fsp3) is 0.0667. The van der Waals surface area contributed by atoms with Crippen LogP contribution in [-0.4, -0.2) is 19.9 Å². The molecule has 0 aliphatic carbocycles. The highest BCUT2D eigenvalue weighted by Crippen LogP contribution is 2.58. The zero-order valence-corrected chi connectivity index (χ0v) is 28.9. The Bertz CT molecular complexity index is 2790. The normalized spacial score (nSPS) is 13.4. The van der Waals surface area contributed by atoms with Crippen LogP contribution in [0.2, 0.25) is 0 Å². The van der Waals surface area contributed by atoms with Crippen LogP contribution in [0.15, 0.2) is 152 Å². The van der Waals surface area contributed by atoms with E-state index in [1.165, 1.54) is 32.0 Å². The molecule has 0 atom stereocenters. The second-order valence-corrected chi connectivity index (χ2v) is 14.5. The maximum atomic E-state index is 5.37. The minimum absolute atomic E-state index is 0.318. The van der Waals surface area contributed by atoms with Crippen molar-refractivity contribution in [2.75, 3.05) is 4.90 Å². The van der Waals surface area contributed by atoms with Crippen molar-refractivity contribution >= 4 is 59.7 Å². The molecule has 242 valence electrons. The zero-order chi connectivity index (χ0) is 34.1. The van der Waals surface area contributed by atoms with Crippen LogP contribution in [0, 0.1) is 0 Å². The number of rotatable bonds is 4. The molecule has 51 heavy (non-hydrogen) atoms. The van der Waals surface area contributed by atoms with Gasteiger partial charge in [-0.05, 0) is 57.3 Å². The summed E-state index contributed by atoms with van der Waals surface area (Å²) in [4.78, 5) is 24.0. The quantitative estimate of drug-likeness (QED) is 0.186. The lowest BCUT2D eigenvalue weighted by Gasteiger charge is -2.42. The van der Waals surface area contributed by atoms with Gasteiger partial charge in [0, 0.05) is 33.5 Å². The van der Waals surface area contributed by atoms with Crippen LogP contribution in [-0.2, 0) is 5.41 Å². The van der Waals surface area contributed by atoms with Crippen molar-refractivity contribution < 1.29 is 0 Å².